The minimum atomic E-state index is 0.0270. The Morgan fingerprint density at radius 3 is 2.90 bits per heavy atom. The molecule has 0 fully saturated rings. The van der Waals surface area contributed by atoms with Gasteiger partial charge in [0, 0.05) is 42.7 Å². The van der Waals surface area contributed by atoms with Crippen LogP contribution in [0.5, 0.6) is 0 Å². The molecule has 2 N–H and O–H groups in total. The smallest absolute Gasteiger partial charge is 0.152 e. The van der Waals surface area contributed by atoms with Crippen molar-refractivity contribution in [2.75, 3.05) is 11.9 Å². The van der Waals surface area contributed by atoms with Gasteiger partial charge in [0.2, 0.25) is 0 Å². The summed E-state index contributed by atoms with van der Waals surface area (Å²) in [4.78, 5) is 11.5. The van der Waals surface area contributed by atoms with Gasteiger partial charge >= 0.3 is 0 Å². The molecule has 0 amide bonds. The highest BCUT2D eigenvalue weighted by atomic mass is 15.2. The van der Waals surface area contributed by atoms with Gasteiger partial charge < -0.3 is 10.3 Å². The summed E-state index contributed by atoms with van der Waals surface area (Å²) in [6, 6.07) is 2.10. The van der Waals surface area contributed by atoms with Gasteiger partial charge in [-0.2, -0.15) is 5.10 Å². The summed E-state index contributed by atoms with van der Waals surface area (Å²) < 4.78 is 1.88. The third-order valence-corrected chi connectivity index (χ3v) is 3.40. The molecule has 21 heavy (non-hydrogen) atoms. The van der Waals surface area contributed by atoms with E-state index >= 15 is 0 Å². The van der Waals surface area contributed by atoms with Crippen LogP contribution in [-0.4, -0.2) is 31.1 Å². The Morgan fingerprint density at radius 2 is 2.19 bits per heavy atom. The largest absolute Gasteiger partial charge is 0.368 e. The topological polar surface area (TPSA) is 70.9 Å². The van der Waals surface area contributed by atoms with Crippen LogP contribution < -0.4 is 5.32 Å². The molecule has 0 spiro atoms. The van der Waals surface area contributed by atoms with E-state index in [0.29, 0.717) is 0 Å². The summed E-state index contributed by atoms with van der Waals surface area (Å²) in [6.45, 7) is 7.28. The van der Waals surface area contributed by atoms with Crippen LogP contribution in [0.25, 0.3) is 5.52 Å². The highest BCUT2D eigenvalue weighted by Crippen LogP contribution is 2.24. The van der Waals surface area contributed by atoms with Crippen molar-refractivity contribution in [1.29, 1.82) is 0 Å². The van der Waals surface area contributed by atoms with Crippen molar-refractivity contribution in [3.8, 4) is 0 Å². The number of rotatable bonds is 4. The van der Waals surface area contributed by atoms with E-state index in [1.165, 1.54) is 0 Å². The third-order valence-electron chi connectivity index (χ3n) is 3.40. The summed E-state index contributed by atoms with van der Waals surface area (Å²) in [5.41, 5.74) is 3.21. The molecule has 3 rings (SSSR count). The third kappa shape index (κ3) is 2.89. The Kier molecular flexibility index (Phi) is 3.37. The minimum Gasteiger partial charge on any atom is -0.368 e. The number of aromatic nitrogens is 5. The second-order valence-corrected chi connectivity index (χ2v) is 6.14. The predicted octanol–water partition coefficient (Wildman–Crippen LogP) is 2.40. The van der Waals surface area contributed by atoms with Gasteiger partial charge in [-0.05, 0) is 6.07 Å². The molecule has 0 aliphatic rings. The first-order valence-electron chi connectivity index (χ1n) is 7.10. The first-order valence-corrected chi connectivity index (χ1v) is 7.10. The Hall–Kier alpha value is -2.37. The van der Waals surface area contributed by atoms with Crippen LogP contribution in [0.2, 0.25) is 0 Å². The van der Waals surface area contributed by atoms with E-state index in [-0.39, 0.29) is 5.41 Å². The normalized spacial score (nSPS) is 12.0. The number of nitrogens with zero attached hydrogens (tertiary/aromatic N) is 4. The molecule has 0 saturated carbocycles. The first kappa shape index (κ1) is 13.6. The number of anilines is 1. The van der Waals surface area contributed by atoms with Crippen molar-refractivity contribution >= 4 is 11.3 Å². The Bertz CT molecular complexity index is 720. The molecule has 0 aromatic carbocycles. The zero-order valence-electron chi connectivity index (χ0n) is 12.6. The summed E-state index contributed by atoms with van der Waals surface area (Å²) in [6.07, 6.45) is 8.06. The van der Waals surface area contributed by atoms with E-state index in [1.54, 1.807) is 12.5 Å². The van der Waals surface area contributed by atoms with Crippen LogP contribution >= 0.6 is 0 Å². The molecule has 6 heteroatoms. The molecule has 3 aromatic rings. The number of H-pyrrole nitrogens is 1. The number of hydrogen-bond donors (Lipinski definition) is 2. The van der Waals surface area contributed by atoms with Gasteiger partial charge in [0.25, 0.3) is 0 Å². The Morgan fingerprint density at radius 1 is 1.33 bits per heavy atom. The second kappa shape index (κ2) is 5.20. The van der Waals surface area contributed by atoms with Crippen molar-refractivity contribution in [3.63, 3.8) is 0 Å². The van der Waals surface area contributed by atoms with Crippen molar-refractivity contribution in [2.45, 2.75) is 32.6 Å². The number of nitrogens with one attached hydrogen (secondary N) is 2. The van der Waals surface area contributed by atoms with E-state index in [0.717, 1.165) is 35.7 Å². The molecule has 0 aliphatic carbocycles. The van der Waals surface area contributed by atoms with Gasteiger partial charge in [0.15, 0.2) is 5.82 Å². The highest BCUT2D eigenvalue weighted by molar-refractivity contribution is 5.68. The van der Waals surface area contributed by atoms with Crippen LogP contribution in [0.4, 0.5) is 5.82 Å². The Labute approximate surface area is 123 Å². The zero-order valence-corrected chi connectivity index (χ0v) is 12.6. The maximum absolute atomic E-state index is 4.62. The Balaban J connectivity index is 1.80. The number of aromatic amines is 1. The minimum absolute atomic E-state index is 0.0270. The molecular weight excluding hydrogens is 264 g/mol. The van der Waals surface area contributed by atoms with Gasteiger partial charge in [-0.25, -0.2) is 14.5 Å². The molecule has 0 saturated heterocycles. The highest BCUT2D eigenvalue weighted by Gasteiger charge is 2.18. The van der Waals surface area contributed by atoms with Crippen LogP contribution in [0.1, 0.15) is 32.2 Å². The fraction of sp³-hybridized carbons (Fsp3) is 0.400. The van der Waals surface area contributed by atoms with Crippen LogP contribution in [0.3, 0.4) is 0 Å². The fourth-order valence-electron chi connectivity index (χ4n) is 2.16. The summed E-state index contributed by atoms with van der Waals surface area (Å²) in [7, 11) is 0. The van der Waals surface area contributed by atoms with Gasteiger partial charge in [0.05, 0.1) is 12.0 Å². The monoisotopic (exact) mass is 284 g/mol. The van der Waals surface area contributed by atoms with Crippen LogP contribution in [0, 0.1) is 0 Å². The van der Waals surface area contributed by atoms with Gasteiger partial charge in [-0.15, -0.1) is 0 Å². The van der Waals surface area contributed by atoms with E-state index in [2.05, 4.69) is 52.2 Å². The lowest BCUT2D eigenvalue weighted by Gasteiger charge is -2.13. The fourth-order valence-corrected chi connectivity index (χ4v) is 2.16. The van der Waals surface area contributed by atoms with Crippen LogP contribution in [0.15, 0.2) is 31.0 Å². The maximum Gasteiger partial charge on any atom is 0.152 e. The lowest BCUT2D eigenvalue weighted by molar-refractivity contribution is 0.562. The molecule has 6 nitrogen and oxygen atoms in total. The van der Waals surface area contributed by atoms with Crippen molar-refractivity contribution in [3.05, 3.63) is 42.4 Å². The molecule has 3 heterocycles. The molecule has 0 unspecified atom stereocenters. The van der Waals surface area contributed by atoms with Crippen LogP contribution in [-0.2, 0) is 11.8 Å². The number of imidazole rings is 1. The molecule has 0 bridgehead atoms. The molecule has 0 aliphatic heterocycles. The van der Waals surface area contributed by atoms with Crippen molar-refractivity contribution in [1.82, 2.24) is 24.6 Å². The summed E-state index contributed by atoms with van der Waals surface area (Å²) >= 11 is 0. The second-order valence-electron chi connectivity index (χ2n) is 6.14. The maximum atomic E-state index is 4.62. The van der Waals surface area contributed by atoms with Crippen molar-refractivity contribution in [2.24, 2.45) is 0 Å². The standard InChI is InChI=1S/C15H20N6/c1-15(2,3)13-8-12-14(18-6-7-21(12)20-13)17-5-4-11-9-16-10-19-11/h6-10H,4-5H2,1-3H3,(H,16,19)(H,17,18). The zero-order chi connectivity index (χ0) is 14.9. The van der Waals surface area contributed by atoms with Crippen molar-refractivity contribution < 1.29 is 0 Å². The number of fused-ring (bicyclic) bond motifs is 1. The predicted molar refractivity (Wildman–Crippen MR) is 82.5 cm³/mol. The average Bonchev–Trinajstić information content (AvgIpc) is 3.06. The lowest BCUT2D eigenvalue weighted by Crippen LogP contribution is -2.11. The van der Waals surface area contributed by atoms with E-state index in [1.807, 2.05) is 16.9 Å². The van der Waals surface area contributed by atoms with Gasteiger partial charge in [-0.3, -0.25) is 0 Å². The summed E-state index contributed by atoms with van der Waals surface area (Å²) in [5.74, 6) is 0.861. The average molecular weight is 284 g/mol. The lowest BCUT2D eigenvalue weighted by atomic mass is 9.92. The quantitative estimate of drug-likeness (QED) is 0.772. The van der Waals surface area contributed by atoms with Gasteiger partial charge in [-0.1, -0.05) is 20.8 Å². The SMILES string of the molecule is CC(C)(C)c1cc2c(NCCc3cnc[nH]3)nccn2n1. The van der Waals surface area contributed by atoms with E-state index in [4.69, 9.17) is 0 Å². The summed E-state index contributed by atoms with van der Waals surface area (Å²) in [5, 5.41) is 7.99. The molecule has 3 aromatic heterocycles. The van der Waals surface area contributed by atoms with E-state index < -0.39 is 0 Å². The van der Waals surface area contributed by atoms with E-state index in [9.17, 15) is 0 Å². The number of hydrogen-bond acceptors (Lipinski definition) is 4. The molecule has 0 atom stereocenters. The van der Waals surface area contributed by atoms with Gasteiger partial charge in [0.1, 0.15) is 5.52 Å². The molecule has 0 radical (unpaired) electrons. The first-order chi connectivity index (χ1) is 10.0. The molecule has 110 valence electrons. The molecular formula is C15H20N6.